The van der Waals surface area contributed by atoms with E-state index in [4.69, 9.17) is 4.74 Å². The Labute approximate surface area is 123 Å². The lowest BCUT2D eigenvalue weighted by molar-refractivity contribution is -0.137. The number of allylic oxidation sites excluding steroid dienone is 1. The second-order valence-corrected chi connectivity index (χ2v) is 5.52. The van der Waals surface area contributed by atoms with Crippen molar-refractivity contribution in [2.24, 2.45) is 0 Å². The summed E-state index contributed by atoms with van der Waals surface area (Å²) in [5.41, 5.74) is 1.20. The molecular formula is C16H20F3NO. The lowest BCUT2D eigenvalue weighted by Gasteiger charge is -2.32. The SMILES string of the molecule is CC(C)=CCN1CCO[C@@H](c2cccc(C(F)(F)F)c2)C1. The van der Waals surface area contributed by atoms with E-state index in [0.717, 1.165) is 19.2 Å². The van der Waals surface area contributed by atoms with Crippen LogP contribution in [0.3, 0.4) is 0 Å². The van der Waals surface area contributed by atoms with Crippen molar-refractivity contribution in [2.45, 2.75) is 26.1 Å². The molecule has 1 heterocycles. The van der Waals surface area contributed by atoms with Crippen LogP contribution in [0.25, 0.3) is 0 Å². The summed E-state index contributed by atoms with van der Waals surface area (Å²) in [6.45, 7) is 6.83. The molecule has 1 saturated heterocycles. The van der Waals surface area contributed by atoms with Crippen molar-refractivity contribution in [1.82, 2.24) is 4.90 Å². The molecule has 0 radical (unpaired) electrons. The van der Waals surface area contributed by atoms with Crippen molar-refractivity contribution >= 4 is 0 Å². The standard InChI is InChI=1S/C16H20F3NO/c1-12(2)6-7-20-8-9-21-15(11-20)13-4-3-5-14(10-13)16(17,18)19/h3-6,10,15H,7-9,11H2,1-2H3/t15-/m1/s1. The van der Waals surface area contributed by atoms with Crippen LogP contribution >= 0.6 is 0 Å². The summed E-state index contributed by atoms with van der Waals surface area (Å²) in [7, 11) is 0. The third-order valence-electron chi connectivity index (χ3n) is 3.49. The van der Waals surface area contributed by atoms with Crippen LogP contribution in [0.1, 0.15) is 31.1 Å². The Balaban J connectivity index is 2.09. The molecule has 0 N–H and O–H groups in total. The molecule has 0 amide bonds. The Kier molecular flexibility index (Phi) is 5.06. The monoisotopic (exact) mass is 299 g/mol. The van der Waals surface area contributed by atoms with Crippen LogP contribution in [-0.4, -0.2) is 31.1 Å². The van der Waals surface area contributed by atoms with E-state index in [2.05, 4.69) is 11.0 Å². The quantitative estimate of drug-likeness (QED) is 0.781. The van der Waals surface area contributed by atoms with Gasteiger partial charge in [0.15, 0.2) is 0 Å². The second-order valence-electron chi connectivity index (χ2n) is 5.52. The van der Waals surface area contributed by atoms with E-state index in [9.17, 15) is 13.2 Å². The first-order chi connectivity index (χ1) is 9.86. The molecule has 21 heavy (non-hydrogen) atoms. The van der Waals surface area contributed by atoms with Crippen LogP contribution in [0.2, 0.25) is 0 Å². The number of hydrogen-bond donors (Lipinski definition) is 0. The number of ether oxygens (including phenoxy) is 1. The molecule has 0 bridgehead atoms. The van der Waals surface area contributed by atoms with Crippen LogP contribution in [-0.2, 0) is 10.9 Å². The summed E-state index contributed by atoms with van der Waals surface area (Å²) in [5, 5.41) is 0. The van der Waals surface area contributed by atoms with Gasteiger partial charge in [0.2, 0.25) is 0 Å². The fraction of sp³-hybridized carbons (Fsp3) is 0.500. The Morgan fingerprint density at radius 1 is 1.38 bits per heavy atom. The van der Waals surface area contributed by atoms with Gasteiger partial charge in [-0.2, -0.15) is 13.2 Å². The number of rotatable bonds is 3. The van der Waals surface area contributed by atoms with Gasteiger partial charge in [-0.05, 0) is 31.5 Å². The highest BCUT2D eigenvalue weighted by Crippen LogP contribution is 2.32. The first-order valence-corrected chi connectivity index (χ1v) is 7.01. The highest BCUT2D eigenvalue weighted by molar-refractivity contribution is 5.27. The summed E-state index contributed by atoms with van der Waals surface area (Å²) < 4.78 is 43.9. The smallest absolute Gasteiger partial charge is 0.371 e. The number of benzene rings is 1. The van der Waals surface area contributed by atoms with Gasteiger partial charge in [0, 0.05) is 19.6 Å². The maximum atomic E-state index is 12.8. The highest BCUT2D eigenvalue weighted by atomic mass is 19.4. The molecule has 1 aliphatic rings. The molecule has 2 nitrogen and oxygen atoms in total. The zero-order valence-electron chi connectivity index (χ0n) is 12.3. The molecule has 0 saturated carbocycles. The summed E-state index contributed by atoms with van der Waals surface area (Å²) in [4.78, 5) is 2.20. The minimum atomic E-state index is -4.31. The minimum absolute atomic E-state index is 0.299. The predicted molar refractivity (Wildman–Crippen MR) is 76.0 cm³/mol. The molecule has 116 valence electrons. The van der Waals surface area contributed by atoms with E-state index in [0.29, 0.717) is 18.7 Å². The van der Waals surface area contributed by atoms with E-state index in [1.807, 2.05) is 13.8 Å². The van der Waals surface area contributed by atoms with Crippen molar-refractivity contribution in [1.29, 1.82) is 0 Å². The first kappa shape index (κ1) is 16.0. The van der Waals surface area contributed by atoms with Gasteiger partial charge in [-0.15, -0.1) is 0 Å². The van der Waals surface area contributed by atoms with Crippen molar-refractivity contribution in [3.8, 4) is 0 Å². The molecule has 0 aliphatic carbocycles. The van der Waals surface area contributed by atoms with Gasteiger partial charge in [0.25, 0.3) is 0 Å². The summed E-state index contributed by atoms with van der Waals surface area (Å²) in [6.07, 6.45) is -2.49. The zero-order valence-corrected chi connectivity index (χ0v) is 12.3. The number of alkyl halides is 3. The van der Waals surface area contributed by atoms with Gasteiger partial charge in [-0.25, -0.2) is 0 Å². The Morgan fingerprint density at radius 2 is 2.14 bits per heavy atom. The van der Waals surface area contributed by atoms with Crippen molar-refractivity contribution in [3.05, 3.63) is 47.0 Å². The molecule has 1 fully saturated rings. The van der Waals surface area contributed by atoms with E-state index in [1.165, 1.54) is 17.7 Å². The Morgan fingerprint density at radius 3 is 2.81 bits per heavy atom. The van der Waals surface area contributed by atoms with Crippen LogP contribution in [0.4, 0.5) is 13.2 Å². The molecule has 5 heteroatoms. The summed E-state index contributed by atoms with van der Waals surface area (Å²) >= 11 is 0. The van der Waals surface area contributed by atoms with Crippen molar-refractivity contribution < 1.29 is 17.9 Å². The molecule has 0 unspecified atom stereocenters. The third-order valence-corrected chi connectivity index (χ3v) is 3.49. The van der Waals surface area contributed by atoms with E-state index in [1.54, 1.807) is 6.07 Å². The molecule has 1 aliphatic heterocycles. The second kappa shape index (κ2) is 6.62. The number of hydrogen-bond acceptors (Lipinski definition) is 2. The lowest BCUT2D eigenvalue weighted by Crippen LogP contribution is -2.38. The molecule has 0 spiro atoms. The Bertz CT molecular complexity index is 506. The maximum Gasteiger partial charge on any atom is 0.416 e. The third kappa shape index (κ3) is 4.58. The first-order valence-electron chi connectivity index (χ1n) is 7.01. The van der Waals surface area contributed by atoms with Gasteiger partial charge in [0.05, 0.1) is 18.3 Å². The lowest BCUT2D eigenvalue weighted by atomic mass is 10.0. The van der Waals surface area contributed by atoms with Gasteiger partial charge >= 0.3 is 6.18 Å². The fourth-order valence-corrected chi connectivity index (χ4v) is 2.30. The van der Waals surface area contributed by atoms with Crippen LogP contribution in [0, 0.1) is 0 Å². The molecule has 1 atom stereocenters. The molecular weight excluding hydrogens is 279 g/mol. The van der Waals surface area contributed by atoms with Gasteiger partial charge in [-0.1, -0.05) is 23.8 Å². The maximum absolute atomic E-state index is 12.8. The Hall–Kier alpha value is -1.33. The molecule has 2 rings (SSSR count). The summed E-state index contributed by atoms with van der Waals surface area (Å²) in [6, 6.07) is 5.42. The average molecular weight is 299 g/mol. The molecule has 1 aromatic rings. The van der Waals surface area contributed by atoms with Crippen LogP contribution in [0.15, 0.2) is 35.9 Å². The number of nitrogens with zero attached hydrogens (tertiary/aromatic N) is 1. The minimum Gasteiger partial charge on any atom is -0.371 e. The predicted octanol–water partition coefficient (Wildman–Crippen LogP) is 4.04. The average Bonchev–Trinajstić information content (AvgIpc) is 2.45. The van der Waals surface area contributed by atoms with Crippen molar-refractivity contribution in [3.63, 3.8) is 0 Å². The molecule has 1 aromatic carbocycles. The summed E-state index contributed by atoms with van der Waals surface area (Å²) in [5.74, 6) is 0. The van der Waals surface area contributed by atoms with E-state index in [-0.39, 0.29) is 6.10 Å². The highest BCUT2D eigenvalue weighted by Gasteiger charge is 2.31. The van der Waals surface area contributed by atoms with Crippen LogP contribution in [0.5, 0.6) is 0 Å². The van der Waals surface area contributed by atoms with Crippen molar-refractivity contribution in [2.75, 3.05) is 26.2 Å². The van der Waals surface area contributed by atoms with Gasteiger partial charge in [-0.3, -0.25) is 4.90 Å². The number of morpholine rings is 1. The fourth-order valence-electron chi connectivity index (χ4n) is 2.30. The van der Waals surface area contributed by atoms with Gasteiger partial charge < -0.3 is 4.74 Å². The molecule has 0 aromatic heterocycles. The number of halogens is 3. The zero-order chi connectivity index (χ0) is 15.5. The van der Waals surface area contributed by atoms with Crippen LogP contribution < -0.4 is 0 Å². The van der Waals surface area contributed by atoms with E-state index < -0.39 is 11.7 Å². The largest absolute Gasteiger partial charge is 0.416 e. The van der Waals surface area contributed by atoms with E-state index >= 15 is 0 Å². The van der Waals surface area contributed by atoms with Gasteiger partial charge in [0.1, 0.15) is 0 Å². The topological polar surface area (TPSA) is 12.5 Å². The normalized spacial score (nSPS) is 20.3.